The highest BCUT2D eigenvalue weighted by atomic mass is 16.7. The zero-order valence-corrected chi connectivity index (χ0v) is 23.8. The Kier molecular flexibility index (Phi) is 10.4. The third kappa shape index (κ3) is 8.52. The molecular formula is C30H38N6O5. The quantitative estimate of drug-likeness (QED) is 0.145. The fraction of sp³-hybridized carbons (Fsp3) is 0.300. The molecule has 0 saturated heterocycles. The average molecular weight is 563 g/mol. The Hall–Kier alpha value is -4.45. The smallest absolute Gasteiger partial charge is 0.357 e. The number of amides is 2. The molecule has 0 aliphatic carbocycles. The lowest BCUT2D eigenvalue weighted by Gasteiger charge is -2.27. The Morgan fingerprint density at radius 3 is 2.29 bits per heavy atom. The molecule has 41 heavy (non-hydrogen) atoms. The number of benzene rings is 3. The van der Waals surface area contributed by atoms with Crippen molar-refractivity contribution in [3.05, 3.63) is 83.9 Å². The molecule has 0 spiro atoms. The van der Waals surface area contributed by atoms with Gasteiger partial charge in [-0.2, -0.15) is 5.90 Å². The highest BCUT2D eigenvalue weighted by molar-refractivity contribution is 6.02. The van der Waals surface area contributed by atoms with Crippen LogP contribution in [0.3, 0.4) is 0 Å². The lowest BCUT2D eigenvalue weighted by molar-refractivity contribution is -0.145. The van der Waals surface area contributed by atoms with Crippen LogP contribution in [0.1, 0.15) is 38.3 Å². The maximum Gasteiger partial charge on any atom is 0.357 e. The van der Waals surface area contributed by atoms with Gasteiger partial charge >= 0.3 is 12.0 Å². The van der Waals surface area contributed by atoms with Gasteiger partial charge in [0.25, 0.3) is 0 Å². The average Bonchev–Trinajstić information content (AvgIpc) is 2.95. The van der Waals surface area contributed by atoms with Crippen molar-refractivity contribution in [3.63, 3.8) is 0 Å². The first-order chi connectivity index (χ1) is 19.4. The molecule has 3 aromatic rings. The van der Waals surface area contributed by atoms with Gasteiger partial charge in [-0.1, -0.05) is 43.3 Å². The van der Waals surface area contributed by atoms with Crippen molar-refractivity contribution in [3.8, 4) is 5.75 Å². The topological polar surface area (TPSA) is 166 Å². The number of hydrazine groups is 2. The van der Waals surface area contributed by atoms with Crippen molar-refractivity contribution in [2.24, 2.45) is 23.5 Å². The van der Waals surface area contributed by atoms with Gasteiger partial charge in [0.15, 0.2) is 5.78 Å². The van der Waals surface area contributed by atoms with Crippen molar-refractivity contribution < 1.29 is 24.0 Å². The van der Waals surface area contributed by atoms with Crippen LogP contribution in [0.2, 0.25) is 0 Å². The summed E-state index contributed by atoms with van der Waals surface area (Å²) in [5, 5.41) is 5.23. The molecule has 1 atom stereocenters. The molecule has 2 amide bonds. The van der Waals surface area contributed by atoms with Gasteiger partial charge in [0, 0.05) is 24.1 Å². The molecular weight excluding hydrogens is 524 g/mol. The van der Waals surface area contributed by atoms with Gasteiger partial charge in [-0.15, -0.1) is 0 Å². The molecule has 11 nitrogen and oxygen atoms in total. The van der Waals surface area contributed by atoms with Crippen LogP contribution < -0.4 is 37.7 Å². The molecule has 0 aliphatic rings. The van der Waals surface area contributed by atoms with Crippen LogP contribution in [0.5, 0.6) is 5.75 Å². The molecule has 11 heteroatoms. The van der Waals surface area contributed by atoms with Crippen LogP contribution in [0.15, 0.2) is 72.8 Å². The normalized spacial score (nSPS) is 11.8. The summed E-state index contributed by atoms with van der Waals surface area (Å²) in [5.41, 5.74) is 2.40. The van der Waals surface area contributed by atoms with Gasteiger partial charge in [0.05, 0.1) is 29.9 Å². The number of nitrogens with one attached hydrogen (secondary N) is 1. The van der Waals surface area contributed by atoms with E-state index in [2.05, 4.69) is 10.2 Å². The number of anilines is 3. The highest BCUT2D eigenvalue weighted by Crippen LogP contribution is 2.24. The minimum absolute atomic E-state index is 0.0427. The molecule has 0 radical (unpaired) electrons. The first-order valence-corrected chi connectivity index (χ1v) is 13.1. The van der Waals surface area contributed by atoms with E-state index in [1.54, 1.807) is 62.4 Å². The number of carbonyl (C=O) groups excluding carboxylic acids is 3. The Bertz CT molecular complexity index is 1360. The van der Waals surface area contributed by atoms with E-state index in [0.717, 1.165) is 21.1 Å². The van der Waals surface area contributed by atoms with Crippen molar-refractivity contribution in [1.29, 1.82) is 0 Å². The van der Waals surface area contributed by atoms with Crippen LogP contribution in [0.25, 0.3) is 0 Å². The predicted octanol–water partition coefficient (Wildman–Crippen LogP) is 4.00. The largest absolute Gasteiger partial charge is 0.493 e. The molecule has 3 rings (SSSR count). The summed E-state index contributed by atoms with van der Waals surface area (Å²) < 4.78 is 5.79. The fourth-order valence-electron chi connectivity index (χ4n) is 4.07. The Morgan fingerprint density at radius 2 is 1.63 bits per heavy atom. The molecule has 0 heterocycles. The van der Waals surface area contributed by atoms with Gasteiger partial charge in [-0.25, -0.2) is 26.5 Å². The van der Waals surface area contributed by atoms with E-state index in [9.17, 15) is 14.4 Å². The van der Waals surface area contributed by atoms with Gasteiger partial charge in [-0.3, -0.25) is 9.59 Å². The van der Waals surface area contributed by atoms with Gasteiger partial charge in [-0.05, 0) is 62.2 Å². The van der Waals surface area contributed by atoms with Gasteiger partial charge in [0.1, 0.15) is 5.75 Å². The highest BCUT2D eigenvalue weighted by Gasteiger charge is 2.27. The third-order valence-corrected chi connectivity index (χ3v) is 6.54. The fourth-order valence-corrected chi connectivity index (χ4v) is 4.07. The minimum Gasteiger partial charge on any atom is -0.493 e. The number of nitrogens with zero attached hydrogens (tertiary/aromatic N) is 2. The SMILES string of the molecule is Cc1ccccc1N(N)C(=O)N(N)c1ccc(CC(=O)C(C)(C)Nc2cccc(OCC(C)CC(=O)ON)c2)cc1. The summed E-state index contributed by atoms with van der Waals surface area (Å²) >= 11 is 0. The second kappa shape index (κ2) is 13.8. The number of hydrogen-bond donors (Lipinski definition) is 4. The third-order valence-electron chi connectivity index (χ3n) is 6.54. The predicted molar refractivity (Wildman–Crippen MR) is 159 cm³/mol. The molecule has 0 aromatic heterocycles. The number of hydrogen-bond acceptors (Lipinski definition) is 9. The molecule has 1 unspecified atom stereocenters. The van der Waals surface area contributed by atoms with E-state index in [1.165, 1.54) is 0 Å². The first kappa shape index (κ1) is 31.1. The van der Waals surface area contributed by atoms with Crippen LogP contribution in [-0.4, -0.2) is 29.9 Å². The summed E-state index contributed by atoms with van der Waals surface area (Å²) in [6.07, 6.45) is 0.311. The lowest BCUT2D eigenvalue weighted by Crippen LogP contribution is -2.51. The Balaban J connectivity index is 1.59. The summed E-state index contributed by atoms with van der Waals surface area (Å²) in [6, 6.07) is 20.7. The van der Waals surface area contributed by atoms with E-state index < -0.39 is 17.5 Å². The molecule has 218 valence electrons. The number of carbonyl (C=O) groups is 3. The van der Waals surface area contributed by atoms with Crippen molar-refractivity contribution in [1.82, 2.24) is 0 Å². The molecule has 0 bridgehead atoms. The van der Waals surface area contributed by atoms with E-state index >= 15 is 0 Å². The number of ether oxygens (including phenoxy) is 1. The van der Waals surface area contributed by atoms with E-state index in [1.807, 2.05) is 38.1 Å². The van der Waals surface area contributed by atoms with E-state index in [-0.39, 0.29) is 24.5 Å². The number of rotatable bonds is 12. The number of para-hydroxylation sites is 1. The summed E-state index contributed by atoms with van der Waals surface area (Å²) in [7, 11) is 0. The van der Waals surface area contributed by atoms with Gasteiger partial charge in [0.2, 0.25) is 0 Å². The minimum atomic E-state index is -0.890. The number of Topliss-reactive ketones (excluding diaryl/α,β-unsaturated/α-hetero) is 1. The lowest BCUT2D eigenvalue weighted by atomic mass is 9.93. The van der Waals surface area contributed by atoms with Crippen molar-refractivity contribution in [2.75, 3.05) is 21.9 Å². The molecule has 3 aromatic carbocycles. The standard InChI is InChI=1S/C30H38N6O5/c1-20(16-28(38)41-33)19-40-25-10-7-9-23(18-25)34-30(3,4)27(37)17-22-12-14-24(15-13-22)35(31)29(39)36(32)26-11-6-5-8-21(26)2/h5-15,18,20,34H,16-17,19,31-33H2,1-4H3. The number of nitrogens with two attached hydrogens (primary N) is 3. The second-order valence-electron chi connectivity index (χ2n) is 10.5. The number of urea groups is 1. The van der Waals surface area contributed by atoms with Crippen LogP contribution in [0.4, 0.5) is 21.9 Å². The van der Waals surface area contributed by atoms with Crippen LogP contribution >= 0.6 is 0 Å². The summed E-state index contributed by atoms with van der Waals surface area (Å²) in [5.74, 6) is 16.9. The molecule has 7 N–H and O–H groups in total. The molecule has 0 saturated carbocycles. The van der Waals surface area contributed by atoms with Crippen molar-refractivity contribution >= 4 is 34.8 Å². The number of aryl methyl sites for hydroxylation is 1. The summed E-state index contributed by atoms with van der Waals surface area (Å²) in [6.45, 7) is 7.62. The zero-order chi connectivity index (χ0) is 30.2. The van der Waals surface area contributed by atoms with E-state index in [0.29, 0.717) is 29.4 Å². The molecule has 0 aliphatic heterocycles. The van der Waals surface area contributed by atoms with E-state index in [4.69, 9.17) is 22.3 Å². The van der Waals surface area contributed by atoms with Crippen molar-refractivity contribution in [2.45, 2.75) is 46.1 Å². The van der Waals surface area contributed by atoms with Crippen LogP contribution in [-0.2, 0) is 20.8 Å². The second-order valence-corrected chi connectivity index (χ2v) is 10.5. The molecule has 0 fully saturated rings. The first-order valence-electron chi connectivity index (χ1n) is 13.1. The Morgan fingerprint density at radius 1 is 0.951 bits per heavy atom. The maximum absolute atomic E-state index is 13.2. The Labute approximate surface area is 240 Å². The summed E-state index contributed by atoms with van der Waals surface area (Å²) in [4.78, 5) is 41.6. The maximum atomic E-state index is 13.2. The number of ketones is 1. The van der Waals surface area contributed by atoms with Gasteiger partial charge < -0.3 is 14.9 Å². The van der Waals surface area contributed by atoms with Crippen LogP contribution in [0, 0.1) is 12.8 Å². The zero-order valence-electron chi connectivity index (χ0n) is 23.8. The monoisotopic (exact) mass is 562 g/mol.